The summed E-state index contributed by atoms with van der Waals surface area (Å²) in [7, 11) is -0.300. The van der Waals surface area contributed by atoms with Gasteiger partial charge in [0.1, 0.15) is 0 Å². The molecule has 1 aromatic heterocycles. The van der Waals surface area contributed by atoms with Crippen molar-refractivity contribution in [3.63, 3.8) is 0 Å². The van der Waals surface area contributed by atoms with Gasteiger partial charge in [0.05, 0.1) is 11.2 Å². The van der Waals surface area contributed by atoms with E-state index < -0.39 is 0 Å². The minimum atomic E-state index is -0.300. The fourth-order valence-corrected chi connectivity index (χ4v) is 2.34. The second-order valence-corrected chi connectivity index (χ2v) is 6.53. The Kier molecular flexibility index (Phi) is 4.59. The normalized spacial score (nSPS) is 20.4. The molecule has 1 aromatic rings. The van der Waals surface area contributed by atoms with Crippen LogP contribution in [0.1, 0.15) is 58.5 Å². The Bertz CT molecular complexity index is 522. The highest BCUT2D eigenvalue weighted by Gasteiger charge is 2.49. The SMILES string of the molecule is CCc1ccc(/C=C/B2OC(C)(C)C(C)(C)O2)c(CC)n1. The second-order valence-electron chi connectivity index (χ2n) is 6.53. The van der Waals surface area contributed by atoms with Gasteiger partial charge >= 0.3 is 7.12 Å². The lowest BCUT2D eigenvalue weighted by atomic mass is 9.89. The third-order valence-corrected chi connectivity index (χ3v) is 4.47. The molecule has 0 spiro atoms. The number of hydrogen-bond acceptors (Lipinski definition) is 3. The minimum Gasteiger partial charge on any atom is -0.400 e. The predicted molar refractivity (Wildman–Crippen MR) is 88.1 cm³/mol. The molecule has 2 rings (SSSR count). The molecule has 0 bridgehead atoms. The summed E-state index contributed by atoms with van der Waals surface area (Å²) in [5, 5.41) is 0. The van der Waals surface area contributed by atoms with Crippen LogP contribution in [0.5, 0.6) is 0 Å². The van der Waals surface area contributed by atoms with Crippen molar-refractivity contribution in [1.82, 2.24) is 4.98 Å². The van der Waals surface area contributed by atoms with E-state index in [0.29, 0.717) is 0 Å². The van der Waals surface area contributed by atoms with Gasteiger partial charge in [-0.1, -0.05) is 32.0 Å². The first-order chi connectivity index (χ1) is 9.79. The molecule has 21 heavy (non-hydrogen) atoms. The van der Waals surface area contributed by atoms with Crippen LogP contribution in [0.2, 0.25) is 0 Å². The Morgan fingerprint density at radius 2 is 1.67 bits per heavy atom. The average molecular weight is 287 g/mol. The first kappa shape index (κ1) is 16.2. The van der Waals surface area contributed by atoms with Gasteiger partial charge in [0.2, 0.25) is 0 Å². The number of aromatic nitrogens is 1. The summed E-state index contributed by atoms with van der Waals surface area (Å²) in [5.41, 5.74) is 2.82. The maximum Gasteiger partial charge on any atom is 0.487 e. The first-order valence-corrected chi connectivity index (χ1v) is 7.81. The quantitative estimate of drug-likeness (QED) is 0.788. The van der Waals surface area contributed by atoms with Crippen molar-refractivity contribution in [2.45, 2.75) is 65.6 Å². The summed E-state index contributed by atoms with van der Waals surface area (Å²) in [4.78, 5) is 4.68. The van der Waals surface area contributed by atoms with Crippen molar-refractivity contribution in [3.8, 4) is 0 Å². The monoisotopic (exact) mass is 287 g/mol. The second kappa shape index (κ2) is 5.94. The van der Waals surface area contributed by atoms with Gasteiger partial charge in [0.25, 0.3) is 0 Å². The summed E-state index contributed by atoms with van der Waals surface area (Å²) >= 11 is 0. The summed E-state index contributed by atoms with van der Waals surface area (Å²) in [5.74, 6) is 1.98. The molecule has 0 N–H and O–H groups in total. The fourth-order valence-electron chi connectivity index (χ4n) is 2.34. The van der Waals surface area contributed by atoms with Crippen LogP contribution in [0, 0.1) is 0 Å². The van der Waals surface area contributed by atoms with Crippen molar-refractivity contribution in [3.05, 3.63) is 35.1 Å². The lowest BCUT2D eigenvalue weighted by Gasteiger charge is -2.32. The molecule has 0 aliphatic carbocycles. The van der Waals surface area contributed by atoms with E-state index in [-0.39, 0.29) is 18.3 Å². The Hall–Kier alpha value is -1.13. The third-order valence-electron chi connectivity index (χ3n) is 4.47. The first-order valence-electron chi connectivity index (χ1n) is 7.81. The van der Waals surface area contributed by atoms with E-state index in [0.717, 1.165) is 29.8 Å². The van der Waals surface area contributed by atoms with E-state index in [2.05, 4.69) is 64.7 Å². The van der Waals surface area contributed by atoms with Crippen LogP contribution < -0.4 is 0 Å². The van der Waals surface area contributed by atoms with Crippen LogP contribution in [-0.4, -0.2) is 23.3 Å². The molecule has 0 radical (unpaired) electrons. The van der Waals surface area contributed by atoms with Crippen LogP contribution in [0.3, 0.4) is 0 Å². The Morgan fingerprint density at radius 1 is 1.05 bits per heavy atom. The highest BCUT2D eigenvalue weighted by atomic mass is 16.7. The molecule has 1 saturated heterocycles. The van der Waals surface area contributed by atoms with E-state index in [1.165, 1.54) is 0 Å². The van der Waals surface area contributed by atoms with Crippen molar-refractivity contribution >= 4 is 13.2 Å². The molecule has 0 unspecified atom stereocenters. The van der Waals surface area contributed by atoms with Crippen LogP contribution in [0.25, 0.3) is 6.08 Å². The lowest BCUT2D eigenvalue weighted by Crippen LogP contribution is -2.41. The van der Waals surface area contributed by atoms with E-state index in [9.17, 15) is 0 Å². The maximum atomic E-state index is 5.97. The number of hydrogen-bond donors (Lipinski definition) is 0. The number of pyridine rings is 1. The van der Waals surface area contributed by atoms with Gasteiger partial charge in [-0.05, 0) is 52.2 Å². The van der Waals surface area contributed by atoms with Gasteiger partial charge in [-0.15, -0.1) is 0 Å². The van der Waals surface area contributed by atoms with Crippen LogP contribution in [-0.2, 0) is 22.2 Å². The number of nitrogens with zero attached hydrogens (tertiary/aromatic N) is 1. The van der Waals surface area contributed by atoms with Crippen LogP contribution >= 0.6 is 0 Å². The molecule has 114 valence electrons. The third kappa shape index (κ3) is 3.38. The van der Waals surface area contributed by atoms with Crippen molar-refractivity contribution < 1.29 is 9.31 Å². The number of aryl methyl sites for hydroxylation is 2. The summed E-state index contributed by atoms with van der Waals surface area (Å²) in [6.07, 6.45) is 3.96. The predicted octanol–water partition coefficient (Wildman–Crippen LogP) is 3.85. The molecule has 1 aliphatic rings. The Balaban J connectivity index is 2.16. The zero-order valence-electron chi connectivity index (χ0n) is 14.1. The molecular formula is C17H26BNO2. The van der Waals surface area contributed by atoms with Gasteiger partial charge in [-0.25, -0.2) is 0 Å². The molecule has 3 nitrogen and oxygen atoms in total. The summed E-state index contributed by atoms with van der Waals surface area (Å²) < 4.78 is 11.9. The van der Waals surface area contributed by atoms with E-state index in [4.69, 9.17) is 9.31 Å². The van der Waals surface area contributed by atoms with E-state index in [1.54, 1.807) is 0 Å². The van der Waals surface area contributed by atoms with Crippen molar-refractivity contribution in [1.29, 1.82) is 0 Å². The Morgan fingerprint density at radius 3 is 2.19 bits per heavy atom. The van der Waals surface area contributed by atoms with Gasteiger partial charge < -0.3 is 9.31 Å². The molecule has 1 fully saturated rings. The van der Waals surface area contributed by atoms with Gasteiger partial charge in [-0.2, -0.15) is 0 Å². The highest BCUT2D eigenvalue weighted by molar-refractivity contribution is 6.52. The van der Waals surface area contributed by atoms with Gasteiger partial charge in [0.15, 0.2) is 0 Å². The van der Waals surface area contributed by atoms with Gasteiger partial charge in [0, 0.05) is 11.4 Å². The fraction of sp³-hybridized carbons (Fsp3) is 0.588. The molecule has 0 aromatic carbocycles. The zero-order valence-corrected chi connectivity index (χ0v) is 14.1. The van der Waals surface area contributed by atoms with Crippen molar-refractivity contribution in [2.24, 2.45) is 0 Å². The molecule has 4 heteroatoms. The van der Waals surface area contributed by atoms with Crippen LogP contribution in [0.4, 0.5) is 0 Å². The minimum absolute atomic E-state index is 0.292. The van der Waals surface area contributed by atoms with Gasteiger partial charge in [-0.3, -0.25) is 4.98 Å². The summed E-state index contributed by atoms with van der Waals surface area (Å²) in [6, 6.07) is 4.22. The van der Waals surface area contributed by atoms with E-state index in [1.807, 2.05) is 5.98 Å². The standard InChI is InChI=1S/C17H26BNO2/c1-7-14-10-9-13(15(8-2)19-14)11-12-18-20-16(3,4)17(5,6)21-18/h9-12H,7-8H2,1-6H3/b12-11+. The largest absolute Gasteiger partial charge is 0.487 e. The Labute approximate surface area is 128 Å². The molecule has 0 atom stereocenters. The topological polar surface area (TPSA) is 31.4 Å². The maximum absolute atomic E-state index is 5.97. The van der Waals surface area contributed by atoms with Crippen molar-refractivity contribution in [2.75, 3.05) is 0 Å². The summed E-state index contributed by atoms with van der Waals surface area (Å²) in [6.45, 7) is 12.5. The highest BCUT2D eigenvalue weighted by Crippen LogP contribution is 2.37. The molecule has 0 amide bonds. The molecular weight excluding hydrogens is 261 g/mol. The van der Waals surface area contributed by atoms with Crippen LogP contribution in [0.15, 0.2) is 18.1 Å². The van der Waals surface area contributed by atoms with E-state index >= 15 is 0 Å². The molecule has 2 heterocycles. The number of rotatable bonds is 4. The smallest absolute Gasteiger partial charge is 0.400 e. The molecule has 0 saturated carbocycles. The molecule has 1 aliphatic heterocycles. The lowest BCUT2D eigenvalue weighted by molar-refractivity contribution is 0.00578. The zero-order chi connectivity index (χ0) is 15.7. The average Bonchev–Trinajstić information content (AvgIpc) is 2.64.